The smallest absolute Gasteiger partial charge is 0.274 e. The lowest BCUT2D eigenvalue weighted by Crippen LogP contribution is -2.14. The van der Waals surface area contributed by atoms with Crippen LogP contribution in [0.1, 0.15) is 10.5 Å². The SMILES string of the molecule is Nc1cccc(C(=O)Nc2cc(F)c(F)c(F)c2)n1. The van der Waals surface area contributed by atoms with Gasteiger partial charge in [0.1, 0.15) is 11.5 Å². The highest BCUT2D eigenvalue weighted by Gasteiger charge is 2.13. The molecule has 2 rings (SSSR count). The zero-order valence-electron chi connectivity index (χ0n) is 9.45. The molecule has 0 radical (unpaired) electrons. The zero-order valence-corrected chi connectivity index (χ0v) is 9.45. The van der Waals surface area contributed by atoms with Gasteiger partial charge < -0.3 is 11.1 Å². The highest BCUT2D eigenvalue weighted by Crippen LogP contribution is 2.18. The molecule has 1 aromatic carbocycles. The number of benzene rings is 1. The molecule has 0 saturated heterocycles. The summed E-state index contributed by atoms with van der Waals surface area (Å²) in [6.07, 6.45) is 0. The van der Waals surface area contributed by atoms with Crippen LogP contribution in [0.5, 0.6) is 0 Å². The van der Waals surface area contributed by atoms with Gasteiger partial charge in [0.15, 0.2) is 17.5 Å². The van der Waals surface area contributed by atoms with E-state index in [0.717, 1.165) is 0 Å². The van der Waals surface area contributed by atoms with E-state index >= 15 is 0 Å². The predicted octanol–water partition coefficient (Wildman–Crippen LogP) is 2.33. The summed E-state index contributed by atoms with van der Waals surface area (Å²) < 4.78 is 38.6. The Morgan fingerprint density at radius 3 is 2.37 bits per heavy atom. The molecule has 0 fully saturated rings. The minimum absolute atomic E-state index is 0.0230. The number of nitrogens with two attached hydrogens (primary N) is 1. The van der Waals surface area contributed by atoms with Crippen LogP contribution in [0.2, 0.25) is 0 Å². The zero-order chi connectivity index (χ0) is 14.0. The third-order valence-electron chi connectivity index (χ3n) is 2.24. The monoisotopic (exact) mass is 267 g/mol. The van der Waals surface area contributed by atoms with Crippen LogP contribution in [0.4, 0.5) is 24.7 Å². The van der Waals surface area contributed by atoms with E-state index in [1.54, 1.807) is 0 Å². The second kappa shape index (κ2) is 4.97. The molecule has 7 heteroatoms. The number of amides is 1. The highest BCUT2D eigenvalue weighted by atomic mass is 19.2. The standard InChI is InChI=1S/C12H8F3N3O/c13-7-4-6(5-8(14)11(7)15)17-12(19)9-2-1-3-10(16)18-9/h1-5H,(H2,16,18)(H,17,19). The topological polar surface area (TPSA) is 68.0 Å². The first-order valence-electron chi connectivity index (χ1n) is 5.16. The Morgan fingerprint density at radius 1 is 1.16 bits per heavy atom. The van der Waals surface area contributed by atoms with Crippen LogP contribution in [-0.4, -0.2) is 10.9 Å². The molecular weight excluding hydrogens is 259 g/mol. The normalized spacial score (nSPS) is 10.3. The number of halogens is 3. The molecule has 1 amide bonds. The van der Waals surface area contributed by atoms with E-state index in [9.17, 15) is 18.0 Å². The van der Waals surface area contributed by atoms with Gasteiger partial charge in [0.05, 0.1) is 0 Å². The molecule has 0 unspecified atom stereocenters. The molecule has 98 valence electrons. The Bertz CT molecular complexity index is 623. The average Bonchev–Trinajstić information content (AvgIpc) is 2.36. The van der Waals surface area contributed by atoms with E-state index in [1.807, 2.05) is 0 Å². The van der Waals surface area contributed by atoms with Gasteiger partial charge in [0.2, 0.25) is 0 Å². The van der Waals surface area contributed by atoms with Crippen LogP contribution in [-0.2, 0) is 0 Å². The quantitative estimate of drug-likeness (QED) is 0.820. The van der Waals surface area contributed by atoms with Crippen molar-refractivity contribution in [2.75, 3.05) is 11.1 Å². The summed E-state index contributed by atoms with van der Waals surface area (Å²) in [4.78, 5) is 15.4. The van der Waals surface area contributed by atoms with Gasteiger partial charge in [-0.15, -0.1) is 0 Å². The number of nitrogen functional groups attached to an aromatic ring is 1. The predicted molar refractivity (Wildman–Crippen MR) is 62.9 cm³/mol. The minimum atomic E-state index is -1.60. The fraction of sp³-hybridized carbons (Fsp3) is 0. The molecule has 0 spiro atoms. The number of nitrogens with one attached hydrogen (secondary N) is 1. The summed E-state index contributed by atoms with van der Waals surface area (Å²) in [5.41, 5.74) is 5.16. The van der Waals surface area contributed by atoms with Crippen molar-refractivity contribution in [3.8, 4) is 0 Å². The molecule has 4 nitrogen and oxygen atoms in total. The molecule has 19 heavy (non-hydrogen) atoms. The van der Waals surface area contributed by atoms with Gasteiger partial charge in [0, 0.05) is 17.8 Å². The third-order valence-corrected chi connectivity index (χ3v) is 2.24. The number of rotatable bonds is 2. The summed E-state index contributed by atoms with van der Waals surface area (Å²) in [7, 11) is 0. The first-order valence-corrected chi connectivity index (χ1v) is 5.16. The molecule has 1 aromatic heterocycles. The van der Waals surface area contributed by atoms with Gasteiger partial charge in [-0.3, -0.25) is 4.79 Å². The Labute approximate surface area is 106 Å². The van der Waals surface area contributed by atoms with Gasteiger partial charge >= 0.3 is 0 Å². The maximum Gasteiger partial charge on any atom is 0.274 e. The summed E-state index contributed by atoms with van der Waals surface area (Å²) in [6.45, 7) is 0. The van der Waals surface area contributed by atoms with Crippen molar-refractivity contribution < 1.29 is 18.0 Å². The van der Waals surface area contributed by atoms with Gasteiger partial charge in [0.25, 0.3) is 5.91 Å². The van der Waals surface area contributed by atoms with E-state index in [0.29, 0.717) is 12.1 Å². The number of aromatic nitrogens is 1. The van der Waals surface area contributed by atoms with Crippen molar-refractivity contribution in [3.05, 3.63) is 53.5 Å². The van der Waals surface area contributed by atoms with Crippen LogP contribution in [0.3, 0.4) is 0 Å². The van der Waals surface area contributed by atoms with Crippen LogP contribution >= 0.6 is 0 Å². The van der Waals surface area contributed by atoms with E-state index in [2.05, 4.69) is 10.3 Å². The third kappa shape index (κ3) is 2.82. The largest absolute Gasteiger partial charge is 0.384 e. The molecule has 0 atom stereocenters. The number of nitrogens with zero attached hydrogens (tertiary/aromatic N) is 1. The second-order valence-corrected chi connectivity index (χ2v) is 3.66. The summed E-state index contributed by atoms with van der Waals surface area (Å²) in [6, 6.07) is 5.70. The number of carbonyl (C=O) groups excluding carboxylic acids is 1. The van der Waals surface area contributed by atoms with Crippen molar-refractivity contribution in [2.24, 2.45) is 0 Å². The number of hydrogen-bond donors (Lipinski definition) is 2. The van der Waals surface area contributed by atoms with Gasteiger partial charge in [-0.25, -0.2) is 18.2 Å². The Morgan fingerprint density at radius 2 is 1.79 bits per heavy atom. The van der Waals surface area contributed by atoms with Crippen LogP contribution in [0, 0.1) is 17.5 Å². The van der Waals surface area contributed by atoms with E-state index in [-0.39, 0.29) is 17.2 Å². The second-order valence-electron chi connectivity index (χ2n) is 3.66. The average molecular weight is 267 g/mol. The maximum atomic E-state index is 13.0. The first kappa shape index (κ1) is 12.9. The lowest BCUT2D eigenvalue weighted by molar-refractivity contribution is 0.102. The lowest BCUT2D eigenvalue weighted by Gasteiger charge is -2.06. The molecule has 0 bridgehead atoms. The van der Waals surface area contributed by atoms with Crippen LogP contribution in [0.15, 0.2) is 30.3 Å². The number of pyridine rings is 1. The molecular formula is C12H8F3N3O. The van der Waals surface area contributed by atoms with Crippen molar-refractivity contribution >= 4 is 17.4 Å². The van der Waals surface area contributed by atoms with Gasteiger partial charge in [-0.05, 0) is 12.1 Å². The van der Waals surface area contributed by atoms with E-state index in [4.69, 9.17) is 5.73 Å². The summed E-state index contributed by atoms with van der Waals surface area (Å²) in [5, 5.41) is 2.19. The Kier molecular flexibility index (Phi) is 3.37. The van der Waals surface area contributed by atoms with Crippen molar-refractivity contribution in [1.29, 1.82) is 0 Å². The number of carbonyl (C=O) groups is 1. The highest BCUT2D eigenvalue weighted by molar-refractivity contribution is 6.03. The first-order chi connectivity index (χ1) is 8.97. The van der Waals surface area contributed by atoms with Crippen LogP contribution in [0.25, 0.3) is 0 Å². The van der Waals surface area contributed by atoms with Gasteiger partial charge in [-0.1, -0.05) is 6.07 Å². The van der Waals surface area contributed by atoms with Crippen molar-refractivity contribution in [3.63, 3.8) is 0 Å². The van der Waals surface area contributed by atoms with Gasteiger partial charge in [-0.2, -0.15) is 0 Å². The lowest BCUT2D eigenvalue weighted by atomic mass is 10.2. The molecule has 0 aliphatic rings. The molecule has 2 aromatic rings. The van der Waals surface area contributed by atoms with Crippen LogP contribution < -0.4 is 11.1 Å². The molecule has 3 N–H and O–H groups in total. The van der Waals surface area contributed by atoms with E-state index < -0.39 is 23.4 Å². The Hall–Kier alpha value is -2.57. The summed E-state index contributed by atoms with van der Waals surface area (Å²) in [5.74, 6) is -4.96. The Balaban J connectivity index is 2.24. The fourth-order valence-corrected chi connectivity index (χ4v) is 1.40. The fourth-order valence-electron chi connectivity index (χ4n) is 1.40. The molecule has 0 aliphatic carbocycles. The minimum Gasteiger partial charge on any atom is -0.384 e. The number of hydrogen-bond acceptors (Lipinski definition) is 3. The van der Waals surface area contributed by atoms with Crippen molar-refractivity contribution in [2.45, 2.75) is 0 Å². The van der Waals surface area contributed by atoms with Crippen molar-refractivity contribution in [1.82, 2.24) is 4.98 Å². The number of anilines is 2. The van der Waals surface area contributed by atoms with E-state index in [1.165, 1.54) is 18.2 Å². The maximum absolute atomic E-state index is 13.0. The molecule has 1 heterocycles. The summed E-state index contributed by atoms with van der Waals surface area (Å²) >= 11 is 0. The molecule has 0 saturated carbocycles. The molecule has 0 aliphatic heterocycles.